The van der Waals surface area contributed by atoms with Crippen molar-refractivity contribution in [1.29, 1.82) is 0 Å². The van der Waals surface area contributed by atoms with Gasteiger partial charge in [0.15, 0.2) is 0 Å². The molecule has 1 saturated heterocycles. The van der Waals surface area contributed by atoms with Crippen LogP contribution in [0.3, 0.4) is 0 Å². The lowest BCUT2D eigenvalue weighted by molar-refractivity contribution is 0.0503. The van der Waals surface area contributed by atoms with Gasteiger partial charge in [-0.2, -0.15) is 0 Å². The molecular formula is C18H18N4O2S. The number of hydrogen-bond donors (Lipinski definition) is 0. The van der Waals surface area contributed by atoms with Crippen LogP contribution in [0.5, 0.6) is 5.75 Å². The average Bonchev–Trinajstić information content (AvgIpc) is 3.22. The number of amides is 1. The van der Waals surface area contributed by atoms with Gasteiger partial charge in [-0.3, -0.25) is 4.79 Å². The average molecular weight is 354 g/mol. The molecule has 1 fully saturated rings. The fourth-order valence-electron chi connectivity index (χ4n) is 2.73. The molecule has 0 spiro atoms. The fraction of sp³-hybridized carbons (Fsp3) is 0.278. The summed E-state index contributed by atoms with van der Waals surface area (Å²) in [7, 11) is 0. The molecule has 6 nitrogen and oxygen atoms in total. The van der Waals surface area contributed by atoms with E-state index in [1.54, 1.807) is 0 Å². The molecule has 0 atom stereocenters. The molecule has 0 aliphatic carbocycles. The number of aryl methyl sites for hydroxylation is 1. The number of rotatable bonds is 5. The Morgan fingerprint density at radius 2 is 2.04 bits per heavy atom. The molecule has 3 aromatic rings. The summed E-state index contributed by atoms with van der Waals surface area (Å²) in [5.41, 5.74) is 0.780. The van der Waals surface area contributed by atoms with E-state index < -0.39 is 0 Å². The lowest BCUT2D eigenvalue weighted by Gasteiger charge is -2.38. The second-order valence-corrected chi connectivity index (χ2v) is 7.35. The summed E-state index contributed by atoms with van der Waals surface area (Å²) in [5.74, 6) is 0.908. The Bertz CT molecular complexity index is 868. The zero-order valence-corrected chi connectivity index (χ0v) is 14.6. The largest absolute Gasteiger partial charge is 0.487 e. The van der Waals surface area contributed by atoms with Gasteiger partial charge in [-0.15, -0.1) is 16.4 Å². The van der Waals surface area contributed by atoms with Gasteiger partial charge in [-0.25, -0.2) is 4.68 Å². The first-order valence-corrected chi connectivity index (χ1v) is 8.95. The minimum Gasteiger partial charge on any atom is -0.487 e. The van der Waals surface area contributed by atoms with Crippen LogP contribution in [0.1, 0.15) is 26.3 Å². The van der Waals surface area contributed by atoms with Crippen LogP contribution in [0.2, 0.25) is 0 Å². The quantitative estimate of drug-likeness (QED) is 0.707. The van der Waals surface area contributed by atoms with E-state index in [4.69, 9.17) is 4.74 Å². The van der Waals surface area contributed by atoms with Crippen molar-refractivity contribution in [3.63, 3.8) is 0 Å². The number of carbonyl (C=O) groups is 1. The molecule has 25 heavy (non-hydrogen) atoms. The van der Waals surface area contributed by atoms with Crippen molar-refractivity contribution < 1.29 is 9.53 Å². The Hall–Kier alpha value is -2.67. The molecule has 1 amide bonds. The summed E-state index contributed by atoms with van der Waals surface area (Å²) in [6, 6.07) is 13.7. The Kier molecular flexibility index (Phi) is 4.23. The van der Waals surface area contributed by atoms with Gasteiger partial charge in [0.2, 0.25) is 0 Å². The van der Waals surface area contributed by atoms with Crippen LogP contribution in [-0.4, -0.2) is 38.9 Å². The fourth-order valence-corrected chi connectivity index (χ4v) is 3.56. The van der Waals surface area contributed by atoms with Gasteiger partial charge in [0.25, 0.3) is 5.91 Å². The molecular weight excluding hydrogens is 336 g/mol. The third-order valence-corrected chi connectivity index (χ3v) is 5.15. The lowest BCUT2D eigenvalue weighted by atomic mass is 10.1. The van der Waals surface area contributed by atoms with Crippen LogP contribution < -0.4 is 4.74 Å². The van der Waals surface area contributed by atoms with Crippen LogP contribution in [0.15, 0.2) is 48.7 Å². The molecule has 0 saturated carbocycles. The normalized spacial score (nSPS) is 14.4. The zero-order valence-electron chi connectivity index (χ0n) is 13.8. The first-order valence-electron chi connectivity index (χ1n) is 8.13. The van der Waals surface area contributed by atoms with E-state index >= 15 is 0 Å². The smallest absolute Gasteiger partial charge is 0.264 e. The van der Waals surface area contributed by atoms with Crippen molar-refractivity contribution in [2.45, 2.75) is 19.6 Å². The van der Waals surface area contributed by atoms with Crippen LogP contribution in [0.4, 0.5) is 0 Å². The molecule has 0 bridgehead atoms. The number of nitrogens with zero attached hydrogens (tertiary/aromatic N) is 4. The molecule has 2 aromatic heterocycles. The number of aromatic nitrogens is 3. The highest BCUT2D eigenvalue weighted by molar-refractivity contribution is 7.13. The highest BCUT2D eigenvalue weighted by Crippen LogP contribution is 2.25. The number of benzene rings is 1. The number of thiophene rings is 1. The van der Waals surface area contributed by atoms with Gasteiger partial charge in [0, 0.05) is 18.0 Å². The molecule has 4 rings (SSSR count). The molecule has 1 aliphatic heterocycles. The van der Waals surface area contributed by atoms with Crippen molar-refractivity contribution in [1.82, 2.24) is 19.9 Å². The van der Waals surface area contributed by atoms with E-state index in [-0.39, 0.29) is 11.9 Å². The lowest BCUT2D eigenvalue weighted by Crippen LogP contribution is -2.50. The molecule has 1 aromatic carbocycles. The number of hydrogen-bond acceptors (Lipinski definition) is 5. The third kappa shape index (κ3) is 3.41. The van der Waals surface area contributed by atoms with Crippen molar-refractivity contribution in [2.75, 3.05) is 13.1 Å². The maximum atomic E-state index is 12.4. The van der Waals surface area contributed by atoms with Gasteiger partial charge >= 0.3 is 0 Å². The molecule has 0 radical (unpaired) electrons. The number of para-hydroxylation sites is 1. The predicted molar refractivity (Wildman–Crippen MR) is 94.8 cm³/mol. The Morgan fingerprint density at radius 1 is 1.24 bits per heavy atom. The van der Waals surface area contributed by atoms with Gasteiger partial charge in [0.1, 0.15) is 18.1 Å². The third-order valence-electron chi connectivity index (χ3n) is 4.16. The van der Waals surface area contributed by atoms with E-state index in [0.717, 1.165) is 21.2 Å². The molecule has 7 heteroatoms. The Balaban J connectivity index is 1.31. The summed E-state index contributed by atoms with van der Waals surface area (Å²) in [6.45, 7) is 3.72. The van der Waals surface area contributed by atoms with E-state index in [1.165, 1.54) is 11.3 Å². The highest BCUT2D eigenvalue weighted by atomic mass is 32.1. The summed E-state index contributed by atoms with van der Waals surface area (Å²) >= 11 is 1.54. The predicted octanol–water partition coefficient (Wildman–Crippen LogP) is 2.92. The monoisotopic (exact) mass is 354 g/mol. The molecule has 128 valence electrons. The molecule has 0 N–H and O–H groups in total. The topological polar surface area (TPSA) is 60.2 Å². The minimum atomic E-state index is 0.0992. The molecule has 0 unspecified atom stereocenters. The summed E-state index contributed by atoms with van der Waals surface area (Å²) in [5, 5.41) is 8.32. The summed E-state index contributed by atoms with van der Waals surface area (Å²) in [4.78, 5) is 16.1. The van der Waals surface area contributed by atoms with Crippen LogP contribution in [0, 0.1) is 6.92 Å². The number of carbonyl (C=O) groups excluding carboxylic acids is 1. The maximum Gasteiger partial charge on any atom is 0.264 e. The van der Waals surface area contributed by atoms with Crippen molar-refractivity contribution in [2.24, 2.45) is 0 Å². The van der Waals surface area contributed by atoms with Crippen molar-refractivity contribution in [3.05, 3.63) is 64.1 Å². The van der Waals surface area contributed by atoms with E-state index in [0.29, 0.717) is 19.7 Å². The Morgan fingerprint density at radius 3 is 2.76 bits per heavy atom. The van der Waals surface area contributed by atoms with Gasteiger partial charge < -0.3 is 9.64 Å². The zero-order chi connectivity index (χ0) is 17.2. The first kappa shape index (κ1) is 15.8. The second kappa shape index (κ2) is 6.68. The van der Waals surface area contributed by atoms with Gasteiger partial charge in [-0.05, 0) is 31.2 Å². The van der Waals surface area contributed by atoms with E-state index in [2.05, 4.69) is 10.3 Å². The standard InChI is InChI=1S/C18H18N4O2S/c1-13-7-8-17(25-13)18(23)21-10-15(11-21)22-9-14(19-20-22)12-24-16-5-3-2-4-6-16/h2-9,15H,10-12H2,1H3. The van der Waals surface area contributed by atoms with Crippen LogP contribution >= 0.6 is 11.3 Å². The van der Waals surface area contributed by atoms with Crippen molar-refractivity contribution in [3.8, 4) is 5.75 Å². The minimum absolute atomic E-state index is 0.0992. The van der Waals surface area contributed by atoms with Crippen LogP contribution in [-0.2, 0) is 6.61 Å². The maximum absolute atomic E-state index is 12.4. The Labute approximate surface area is 149 Å². The summed E-state index contributed by atoms with van der Waals surface area (Å²) < 4.78 is 7.50. The molecule has 1 aliphatic rings. The second-order valence-electron chi connectivity index (χ2n) is 6.07. The van der Waals surface area contributed by atoms with Crippen molar-refractivity contribution >= 4 is 17.2 Å². The van der Waals surface area contributed by atoms with E-state index in [9.17, 15) is 4.79 Å². The number of ether oxygens (including phenoxy) is 1. The van der Waals surface area contributed by atoms with Gasteiger partial charge in [0.05, 0.1) is 17.1 Å². The highest BCUT2D eigenvalue weighted by Gasteiger charge is 2.33. The summed E-state index contributed by atoms with van der Waals surface area (Å²) in [6.07, 6.45) is 1.89. The van der Waals surface area contributed by atoms with Gasteiger partial charge in [-0.1, -0.05) is 23.4 Å². The van der Waals surface area contributed by atoms with Crippen LogP contribution in [0.25, 0.3) is 0 Å². The molecule has 3 heterocycles. The van der Waals surface area contributed by atoms with E-state index in [1.807, 2.05) is 65.2 Å². The SMILES string of the molecule is Cc1ccc(C(=O)N2CC(n3cc(COc4ccccc4)nn3)C2)s1. The number of likely N-dealkylation sites (tertiary alicyclic amines) is 1. The first-order chi connectivity index (χ1) is 12.2.